The van der Waals surface area contributed by atoms with Crippen LogP contribution in [0.1, 0.15) is 0 Å². The molecule has 8 heteroatoms. The quantitative estimate of drug-likeness (QED) is 0.194. The van der Waals surface area contributed by atoms with Crippen LogP contribution < -0.4 is 14.1 Å². The van der Waals surface area contributed by atoms with Gasteiger partial charge < -0.3 is 19.2 Å². The number of rotatable bonds is 5. The van der Waals surface area contributed by atoms with Gasteiger partial charge in [0.2, 0.25) is 0 Å². The van der Waals surface area contributed by atoms with Gasteiger partial charge >= 0.3 is 7.69 Å². The second-order valence-electron chi connectivity index (χ2n) is 8.80. The molecule has 4 nitrogen and oxygen atoms in total. The van der Waals surface area contributed by atoms with Crippen molar-refractivity contribution < 1.29 is 27.9 Å². The SMILES string of the molecule is COc1ccc2ccccc2c1-c1ccccc1F.COc1ccc2ccccc2c1Br.O[B]Oc1ccccc1F. The van der Waals surface area contributed by atoms with Crippen molar-refractivity contribution in [2.75, 3.05) is 14.2 Å². The molecule has 0 spiro atoms. The van der Waals surface area contributed by atoms with Crippen LogP contribution in [0.4, 0.5) is 8.78 Å². The third-order valence-corrected chi connectivity index (χ3v) is 7.14. The molecule has 0 bridgehead atoms. The number of halogens is 3. The standard InChI is InChI=1S/C17H13FO.C11H9BrO.C6H5BFO2/c1-19-16-11-10-12-6-2-3-7-13(12)17(16)14-8-4-5-9-15(14)18;1-13-10-7-6-8-4-2-3-5-9(8)11(10)12;8-5-3-1-2-4-6(5)10-7-9/h2-11H,1H3;2-7H,1H3;1-4,9H. The predicted octanol–water partition coefficient (Wildman–Crippen LogP) is 9.00. The summed E-state index contributed by atoms with van der Waals surface area (Å²) in [5, 5.41) is 12.6. The minimum atomic E-state index is -0.493. The van der Waals surface area contributed by atoms with Crippen molar-refractivity contribution in [1.82, 2.24) is 0 Å². The zero-order valence-electron chi connectivity index (χ0n) is 22.9. The van der Waals surface area contributed by atoms with E-state index in [-0.39, 0.29) is 11.6 Å². The molecule has 0 heterocycles. The van der Waals surface area contributed by atoms with Crippen molar-refractivity contribution >= 4 is 45.2 Å². The Bertz CT molecular complexity index is 1780. The molecule has 0 saturated carbocycles. The van der Waals surface area contributed by atoms with Crippen LogP contribution in [0.3, 0.4) is 0 Å². The second-order valence-corrected chi connectivity index (χ2v) is 9.59. The van der Waals surface area contributed by atoms with Crippen LogP contribution in [0, 0.1) is 11.6 Å². The van der Waals surface area contributed by atoms with Crippen LogP contribution in [0.25, 0.3) is 32.7 Å². The normalized spacial score (nSPS) is 10.1. The van der Waals surface area contributed by atoms with Gasteiger partial charge in [0.1, 0.15) is 23.1 Å². The molecule has 0 aliphatic rings. The molecular weight excluding hydrogens is 601 g/mol. The number of fused-ring (bicyclic) bond motifs is 2. The lowest BCUT2D eigenvalue weighted by molar-refractivity contribution is 0.413. The Kier molecular flexibility index (Phi) is 10.9. The molecule has 0 aromatic heterocycles. The van der Waals surface area contributed by atoms with Gasteiger partial charge in [-0.1, -0.05) is 91.0 Å². The van der Waals surface area contributed by atoms with Gasteiger partial charge in [0.15, 0.2) is 5.82 Å². The molecule has 0 unspecified atom stereocenters. The zero-order valence-corrected chi connectivity index (χ0v) is 24.5. The van der Waals surface area contributed by atoms with Crippen molar-refractivity contribution in [3.8, 4) is 28.4 Å². The predicted molar refractivity (Wildman–Crippen MR) is 169 cm³/mol. The van der Waals surface area contributed by atoms with E-state index in [1.807, 2.05) is 60.7 Å². The zero-order chi connectivity index (χ0) is 29.9. The van der Waals surface area contributed by atoms with Gasteiger partial charge in [0.05, 0.1) is 18.7 Å². The van der Waals surface area contributed by atoms with Crippen LogP contribution in [0.5, 0.6) is 17.2 Å². The molecule has 0 fully saturated rings. The number of para-hydroxylation sites is 1. The van der Waals surface area contributed by atoms with E-state index in [2.05, 4.69) is 38.8 Å². The van der Waals surface area contributed by atoms with Gasteiger partial charge in [0.25, 0.3) is 0 Å². The molecule has 211 valence electrons. The summed E-state index contributed by atoms with van der Waals surface area (Å²) in [7, 11) is 3.72. The Labute approximate surface area is 252 Å². The fourth-order valence-electron chi connectivity index (χ4n) is 4.33. The topological polar surface area (TPSA) is 47.9 Å². The number of methoxy groups -OCH3 is 2. The highest BCUT2D eigenvalue weighted by atomic mass is 79.9. The van der Waals surface area contributed by atoms with Crippen LogP contribution in [0.2, 0.25) is 0 Å². The average molecular weight is 628 g/mol. The Hall–Kier alpha value is -4.40. The van der Waals surface area contributed by atoms with Crippen molar-refractivity contribution in [2.45, 2.75) is 0 Å². The van der Waals surface area contributed by atoms with E-state index in [1.165, 1.54) is 29.0 Å². The molecule has 0 aliphatic heterocycles. The average Bonchev–Trinajstić information content (AvgIpc) is 3.03. The number of hydrogen-bond acceptors (Lipinski definition) is 4. The van der Waals surface area contributed by atoms with Gasteiger partial charge in [-0.3, -0.25) is 0 Å². The lowest BCUT2D eigenvalue weighted by atomic mass is 9.97. The summed E-state index contributed by atoms with van der Waals surface area (Å²) >= 11 is 3.52. The molecule has 6 aromatic rings. The summed E-state index contributed by atoms with van der Waals surface area (Å²) in [6, 6.07) is 36.6. The number of ether oxygens (including phenoxy) is 2. The third-order valence-electron chi connectivity index (χ3n) is 6.32. The Balaban J connectivity index is 0.000000154. The Morgan fingerprint density at radius 1 is 0.571 bits per heavy atom. The number of benzene rings is 6. The summed E-state index contributed by atoms with van der Waals surface area (Å²) in [4.78, 5) is 0. The van der Waals surface area contributed by atoms with Crippen LogP contribution >= 0.6 is 15.9 Å². The second kappa shape index (κ2) is 15.0. The molecule has 42 heavy (non-hydrogen) atoms. The minimum Gasteiger partial charge on any atom is -0.535 e. The number of hydrogen-bond donors (Lipinski definition) is 1. The van der Waals surface area contributed by atoms with Crippen molar-refractivity contribution in [3.05, 3.63) is 137 Å². The van der Waals surface area contributed by atoms with E-state index in [4.69, 9.17) is 14.5 Å². The largest absolute Gasteiger partial charge is 0.569 e. The summed E-state index contributed by atoms with van der Waals surface area (Å²) in [6.07, 6.45) is 0. The molecule has 0 atom stereocenters. The summed E-state index contributed by atoms with van der Waals surface area (Å²) in [5.74, 6) is 0.845. The molecule has 0 saturated heterocycles. The maximum atomic E-state index is 14.1. The van der Waals surface area contributed by atoms with Crippen LogP contribution in [-0.2, 0) is 0 Å². The highest BCUT2D eigenvalue weighted by Crippen LogP contribution is 2.38. The van der Waals surface area contributed by atoms with Gasteiger partial charge in [-0.15, -0.1) is 0 Å². The molecule has 6 rings (SSSR count). The van der Waals surface area contributed by atoms with E-state index in [0.717, 1.165) is 26.6 Å². The Morgan fingerprint density at radius 3 is 1.71 bits per heavy atom. The monoisotopic (exact) mass is 627 g/mol. The van der Waals surface area contributed by atoms with Gasteiger partial charge in [0, 0.05) is 11.1 Å². The molecule has 1 N–H and O–H groups in total. The van der Waals surface area contributed by atoms with E-state index >= 15 is 0 Å². The maximum Gasteiger partial charge on any atom is 0.569 e. The van der Waals surface area contributed by atoms with Gasteiger partial charge in [-0.25, -0.2) is 8.78 Å². The van der Waals surface area contributed by atoms with E-state index in [1.54, 1.807) is 38.5 Å². The lowest BCUT2D eigenvalue weighted by Crippen LogP contribution is -2.00. The minimum absolute atomic E-state index is 0.0185. The first kappa shape index (κ1) is 30.6. The molecular formula is C34H27BBrF2O4. The van der Waals surface area contributed by atoms with Gasteiger partial charge in [-0.05, 0) is 67.8 Å². The van der Waals surface area contributed by atoms with Crippen molar-refractivity contribution in [2.24, 2.45) is 0 Å². The first-order chi connectivity index (χ1) is 20.5. The van der Waals surface area contributed by atoms with E-state index in [0.29, 0.717) is 19.0 Å². The van der Waals surface area contributed by atoms with Crippen molar-refractivity contribution in [3.63, 3.8) is 0 Å². The van der Waals surface area contributed by atoms with Crippen LogP contribution in [-0.4, -0.2) is 26.9 Å². The highest BCUT2D eigenvalue weighted by molar-refractivity contribution is 9.10. The smallest absolute Gasteiger partial charge is 0.535 e. The fourth-order valence-corrected chi connectivity index (χ4v) is 4.99. The first-order valence-corrected chi connectivity index (χ1v) is 13.7. The maximum absolute atomic E-state index is 14.1. The van der Waals surface area contributed by atoms with E-state index < -0.39 is 5.82 Å². The lowest BCUT2D eigenvalue weighted by Gasteiger charge is -2.13. The van der Waals surface area contributed by atoms with Crippen LogP contribution in [0.15, 0.2) is 126 Å². The van der Waals surface area contributed by atoms with E-state index in [9.17, 15) is 8.78 Å². The Morgan fingerprint density at radius 2 is 1.10 bits per heavy atom. The highest BCUT2D eigenvalue weighted by Gasteiger charge is 2.13. The van der Waals surface area contributed by atoms with Crippen molar-refractivity contribution in [1.29, 1.82) is 0 Å². The molecule has 0 aliphatic carbocycles. The summed E-state index contributed by atoms with van der Waals surface area (Å²) in [6.45, 7) is 0. The van der Waals surface area contributed by atoms with Gasteiger partial charge in [-0.2, -0.15) is 0 Å². The first-order valence-electron chi connectivity index (χ1n) is 12.9. The fraction of sp³-hybridized carbons (Fsp3) is 0.0588. The molecule has 0 amide bonds. The molecule has 1 radical (unpaired) electrons. The summed E-state index contributed by atoms with van der Waals surface area (Å²) < 4.78 is 42.6. The summed E-state index contributed by atoms with van der Waals surface area (Å²) in [5.41, 5.74) is 1.37. The third kappa shape index (κ3) is 7.27. The molecule has 6 aromatic carbocycles.